The Hall–Kier alpha value is -1.39. The normalized spacial score (nSPS) is 14.8. The quantitative estimate of drug-likeness (QED) is 0.580. The van der Waals surface area contributed by atoms with Crippen LogP contribution in [0.15, 0.2) is 24.3 Å². The van der Waals surface area contributed by atoms with Crippen LogP contribution in [0, 0.1) is 0 Å². The summed E-state index contributed by atoms with van der Waals surface area (Å²) in [5, 5.41) is 8.47. The van der Waals surface area contributed by atoms with Crippen LogP contribution in [0.5, 0.6) is 0 Å². The van der Waals surface area contributed by atoms with Crippen LogP contribution in [0.3, 0.4) is 0 Å². The molecule has 4 nitrogen and oxygen atoms in total. The van der Waals surface area contributed by atoms with Crippen molar-refractivity contribution in [1.29, 1.82) is 0 Å². The molecule has 0 aromatic heterocycles. The van der Waals surface area contributed by atoms with Gasteiger partial charge in [-0.2, -0.15) is 5.48 Å². The van der Waals surface area contributed by atoms with Crippen LogP contribution in [0.25, 0.3) is 0 Å². The third-order valence-electron chi connectivity index (χ3n) is 2.94. The molecule has 0 unspecified atom stereocenters. The second-order valence-electron chi connectivity index (χ2n) is 4.34. The lowest BCUT2D eigenvalue weighted by atomic mass is 10.1. The molecule has 4 heteroatoms. The zero-order valence-electron chi connectivity index (χ0n) is 9.69. The van der Waals surface area contributed by atoms with Gasteiger partial charge < -0.3 is 9.94 Å². The summed E-state index contributed by atoms with van der Waals surface area (Å²) in [6.45, 7) is 0.444. The van der Waals surface area contributed by atoms with Gasteiger partial charge in [-0.1, -0.05) is 24.3 Å². The van der Waals surface area contributed by atoms with Crippen molar-refractivity contribution in [3.05, 3.63) is 35.4 Å². The summed E-state index contributed by atoms with van der Waals surface area (Å²) in [6, 6.07) is 8.70. The highest BCUT2D eigenvalue weighted by Gasteiger charge is 2.20. The average Bonchev–Trinajstić information content (AvgIpc) is 2.70. The molecule has 0 saturated carbocycles. The minimum Gasteiger partial charge on any atom is -0.481 e. The maximum atomic E-state index is 10.3. The average molecular weight is 235 g/mol. The predicted molar refractivity (Wildman–Crippen MR) is 63.6 cm³/mol. The molecule has 0 bridgehead atoms. The van der Waals surface area contributed by atoms with Gasteiger partial charge in [-0.15, -0.1) is 0 Å². The second kappa shape index (κ2) is 5.80. The standard InChI is InChI=1S/C13H17NO3/c15-13(16)6-3-7-17-14-12-8-10-4-1-2-5-11(10)9-12/h1-2,4-5,12,14H,3,6-9H2,(H,15,16). The molecule has 0 heterocycles. The lowest BCUT2D eigenvalue weighted by Gasteiger charge is -2.11. The Bertz CT molecular complexity index is 367. The third-order valence-corrected chi connectivity index (χ3v) is 2.94. The van der Waals surface area contributed by atoms with E-state index in [-0.39, 0.29) is 6.42 Å². The molecule has 0 aliphatic heterocycles. The lowest BCUT2D eigenvalue weighted by molar-refractivity contribution is -0.137. The van der Waals surface area contributed by atoms with Crippen LogP contribution in [0.4, 0.5) is 0 Å². The van der Waals surface area contributed by atoms with Gasteiger partial charge in [-0.05, 0) is 30.4 Å². The van der Waals surface area contributed by atoms with Crippen LogP contribution in [-0.2, 0) is 22.5 Å². The molecular weight excluding hydrogens is 218 g/mol. The topological polar surface area (TPSA) is 58.6 Å². The Morgan fingerprint density at radius 1 is 1.35 bits per heavy atom. The molecule has 0 fully saturated rings. The van der Waals surface area contributed by atoms with Gasteiger partial charge in [-0.3, -0.25) is 4.79 Å². The molecule has 1 aromatic carbocycles. The monoisotopic (exact) mass is 235 g/mol. The molecule has 17 heavy (non-hydrogen) atoms. The van der Waals surface area contributed by atoms with Crippen LogP contribution in [0.1, 0.15) is 24.0 Å². The summed E-state index contributed by atoms with van der Waals surface area (Å²) >= 11 is 0. The second-order valence-corrected chi connectivity index (χ2v) is 4.34. The molecule has 1 aliphatic rings. The Morgan fingerprint density at radius 2 is 2.00 bits per heavy atom. The van der Waals surface area contributed by atoms with Gasteiger partial charge in [0.15, 0.2) is 0 Å². The molecule has 0 spiro atoms. The van der Waals surface area contributed by atoms with Crippen molar-refractivity contribution >= 4 is 5.97 Å². The maximum Gasteiger partial charge on any atom is 0.303 e. The van der Waals surface area contributed by atoms with Crippen molar-refractivity contribution in [2.45, 2.75) is 31.7 Å². The Morgan fingerprint density at radius 3 is 2.59 bits per heavy atom. The summed E-state index contributed by atoms with van der Waals surface area (Å²) in [5.74, 6) is -0.776. The highest BCUT2D eigenvalue weighted by molar-refractivity contribution is 5.66. The molecule has 0 radical (unpaired) electrons. The molecule has 1 aliphatic carbocycles. The first-order chi connectivity index (χ1) is 8.25. The molecule has 0 amide bonds. The molecule has 1 aromatic rings. The van der Waals surface area contributed by atoms with Gasteiger partial charge in [0.25, 0.3) is 0 Å². The molecule has 2 rings (SSSR count). The van der Waals surface area contributed by atoms with E-state index in [9.17, 15) is 4.79 Å². The van der Waals surface area contributed by atoms with Crippen molar-refractivity contribution in [1.82, 2.24) is 5.48 Å². The number of hydrogen-bond acceptors (Lipinski definition) is 3. The van der Waals surface area contributed by atoms with Crippen molar-refractivity contribution in [3.8, 4) is 0 Å². The van der Waals surface area contributed by atoms with E-state index in [0.29, 0.717) is 19.1 Å². The number of carbonyl (C=O) groups is 1. The Balaban J connectivity index is 1.65. The highest BCUT2D eigenvalue weighted by atomic mass is 16.6. The SMILES string of the molecule is O=C(O)CCCONC1Cc2ccccc2C1. The van der Waals surface area contributed by atoms with E-state index < -0.39 is 5.97 Å². The number of rotatable bonds is 6. The molecule has 0 saturated heterocycles. The van der Waals surface area contributed by atoms with Crippen LogP contribution < -0.4 is 5.48 Å². The minimum absolute atomic E-state index is 0.159. The number of benzene rings is 1. The number of hydroxylamine groups is 1. The van der Waals surface area contributed by atoms with Crippen LogP contribution in [0.2, 0.25) is 0 Å². The Labute approximate surface area is 101 Å². The van der Waals surface area contributed by atoms with Crippen molar-refractivity contribution in [2.24, 2.45) is 0 Å². The lowest BCUT2D eigenvalue weighted by Crippen LogP contribution is -2.30. The highest BCUT2D eigenvalue weighted by Crippen LogP contribution is 2.21. The number of nitrogens with one attached hydrogen (secondary N) is 1. The fourth-order valence-corrected chi connectivity index (χ4v) is 2.11. The number of aliphatic carboxylic acids is 1. The molecule has 92 valence electrons. The summed E-state index contributed by atoms with van der Waals surface area (Å²) in [6.07, 6.45) is 2.67. The molecular formula is C13H17NO3. The van der Waals surface area contributed by atoms with Gasteiger partial charge in [0, 0.05) is 12.5 Å². The summed E-state index contributed by atoms with van der Waals surface area (Å²) in [5.41, 5.74) is 5.76. The largest absolute Gasteiger partial charge is 0.481 e. The number of hydrogen-bond donors (Lipinski definition) is 2. The van der Waals surface area contributed by atoms with Crippen LogP contribution >= 0.6 is 0 Å². The van der Waals surface area contributed by atoms with E-state index in [1.807, 2.05) is 0 Å². The van der Waals surface area contributed by atoms with Crippen molar-refractivity contribution in [3.63, 3.8) is 0 Å². The van der Waals surface area contributed by atoms with Gasteiger partial charge in [0.1, 0.15) is 0 Å². The van der Waals surface area contributed by atoms with Crippen LogP contribution in [-0.4, -0.2) is 23.7 Å². The number of carboxylic acid groups (broad SMARTS) is 1. The first-order valence-corrected chi connectivity index (χ1v) is 5.91. The smallest absolute Gasteiger partial charge is 0.303 e. The van der Waals surface area contributed by atoms with E-state index in [1.54, 1.807) is 0 Å². The first-order valence-electron chi connectivity index (χ1n) is 5.91. The summed E-state index contributed by atoms with van der Waals surface area (Å²) in [4.78, 5) is 15.6. The maximum absolute atomic E-state index is 10.3. The van der Waals surface area contributed by atoms with Gasteiger partial charge in [-0.25, -0.2) is 0 Å². The zero-order chi connectivity index (χ0) is 12.1. The Kier molecular flexibility index (Phi) is 4.12. The van der Waals surface area contributed by atoms with E-state index in [2.05, 4.69) is 29.7 Å². The van der Waals surface area contributed by atoms with Gasteiger partial charge in [0.2, 0.25) is 0 Å². The molecule has 2 N–H and O–H groups in total. The van der Waals surface area contributed by atoms with E-state index in [4.69, 9.17) is 9.94 Å². The van der Waals surface area contributed by atoms with Crippen molar-refractivity contribution in [2.75, 3.05) is 6.61 Å². The molecule has 0 atom stereocenters. The predicted octanol–water partition coefficient (Wildman–Crippen LogP) is 1.54. The number of carboxylic acids is 1. The first kappa shape index (κ1) is 12.1. The zero-order valence-corrected chi connectivity index (χ0v) is 9.69. The summed E-state index contributed by atoms with van der Waals surface area (Å²) in [7, 11) is 0. The fourth-order valence-electron chi connectivity index (χ4n) is 2.11. The number of fused-ring (bicyclic) bond motifs is 1. The van der Waals surface area contributed by atoms with Gasteiger partial charge >= 0.3 is 5.97 Å². The van der Waals surface area contributed by atoms with Crippen molar-refractivity contribution < 1.29 is 14.7 Å². The van der Waals surface area contributed by atoms with E-state index >= 15 is 0 Å². The van der Waals surface area contributed by atoms with Gasteiger partial charge in [0.05, 0.1) is 6.61 Å². The third kappa shape index (κ3) is 3.54. The minimum atomic E-state index is -0.776. The van der Waals surface area contributed by atoms with E-state index in [0.717, 1.165) is 12.8 Å². The fraction of sp³-hybridized carbons (Fsp3) is 0.462. The van der Waals surface area contributed by atoms with E-state index in [1.165, 1.54) is 11.1 Å². The summed E-state index contributed by atoms with van der Waals surface area (Å²) < 4.78 is 0.